The number of aromatic nitrogens is 1. The SMILES string of the molecule is O=C1NC(=O)/C(=C/c2cc3cncc(C#Cc4cccc5ccccc45)c3o2)S1. The second kappa shape index (κ2) is 6.97. The van der Waals surface area contributed by atoms with Crippen LogP contribution in [0, 0.1) is 11.8 Å². The molecule has 0 bridgehead atoms. The summed E-state index contributed by atoms with van der Waals surface area (Å²) in [4.78, 5) is 27.6. The quantitative estimate of drug-likeness (QED) is 0.373. The number of hydrogen-bond acceptors (Lipinski definition) is 5. The van der Waals surface area contributed by atoms with E-state index >= 15 is 0 Å². The van der Waals surface area contributed by atoms with E-state index in [1.54, 1.807) is 24.5 Å². The summed E-state index contributed by atoms with van der Waals surface area (Å²) in [5.41, 5.74) is 2.17. The molecular weight excluding hydrogens is 384 g/mol. The van der Waals surface area contributed by atoms with Crippen molar-refractivity contribution in [2.24, 2.45) is 0 Å². The summed E-state index contributed by atoms with van der Waals surface area (Å²) in [5.74, 6) is 6.41. The van der Waals surface area contributed by atoms with E-state index in [4.69, 9.17) is 4.42 Å². The van der Waals surface area contributed by atoms with Crippen LogP contribution < -0.4 is 5.32 Å². The molecule has 29 heavy (non-hydrogen) atoms. The van der Waals surface area contributed by atoms with Gasteiger partial charge in [-0.15, -0.1) is 0 Å². The number of fused-ring (bicyclic) bond motifs is 2. The fourth-order valence-corrected chi connectivity index (χ4v) is 3.82. The number of amides is 2. The number of rotatable bonds is 1. The van der Waals surface area contributed by atoms with Gasteiger partial charge in [-0.1, -0.05) is 48.2 Å². The summed E-state index contributed by atoms with van der Waals surface area (Å²) in [6, 6.07) is 15.9. The van der Waals surface area contributed by atoms with E-state index in [1.807, 2.05) is 30.3 Å². The monoisotopic (exact) mass is 396 g/mol. The molecule has 5 nitrogen and oxygen atoms in total. The van der Waals surface area contributed by atoms with Gasteiger partial charge in [-0.3, -0.25) is 19.9 Å². The minimum absolute atomic E-state index is 0.297. The van der Waals surface area contributed by atoms with Gasteiger partial charge in [-0.25, -0.2) is 0 Å². The number of pyridine rings is 1. The smallest absolute Gasteiger partial charge is 0.290 e. The third-order valence-corrected chi connectivity index (χ3v) is 5.29. The van der Waals surface area contributed by atoms with Crippen LogP contribution >= 0.6 is 11.8 Å². The van der Waals surface area contributed by atoms with Crippen molar-refractivity contribution < 1.29 is 14.0 Å². The van der Waals surface area contributed by atoms with Crippen LogP contribution in [0.1, 0.15) is 16.9 Å². The molecule has 0 atom stereocenters. The minimum Gasteiger partial charge on any atom is -0.455 e. The summed E-state index contributed by atoms with van der Waals surface area (Å²) in [5, 5.41) is 4.83. The molecule has 2 amide bonds. The van der Waals surface area contributed by atoms with Gasteiger partial charge < -0.3 is 4.42 Å². The minimum atomic E-state index is -0.422. The molecular formula is C23H12N2O3S. The number of imide groups is 1. The van der Waals surface area contributed by atoms with Crippen LogP contribution in [0.2, 0.25) is 0 Å². The van der Waals surface area contributed by atoms with Crippen molar-refractivity contribution in [2.75, 3.05) is 0 Å². The molecule has 1 aliphatic rings. The zero-order valence-corrected chi connectivity index (χ0v) is 15.7. The van der Waals surface area contributed by atoms with Crippen LogP contribution in [-0.2, 0) is 4.79 Å². The van der Waals surface area contributed by atoms with Crippen molar-refractivity contribution in [1.29, 1.82) is 0 Å². The average Bonchev–Trinajstić information content (AvgIpc) is 3.28. The molecule has 2 aromatic heterocycles. The Morgan fingerprint density at radius 2 is 1.79 bits per heavy atom. The third kappa shape index (κ3) is 3.28. The molecule has 1 saturated heterocycles. The Morgan fingerprint density at radius 1 is 0.966 bits per heavy atom. The molecule has 0 spiro atoms. The second-order valence-electron chi connectivity index (χ2n) is 6.38. The topological polar surface area (TPSA) is 72.2 Å². The molecule has 0 radical (unpaired) electrons. The van der Waals surface area contributed by atoms with Crippen molar-refractivity contribution in [3.8, 4) is 11.8 Å². The standard InChI is InChI=1S/C23H12N2O3S/c26-22-20(29-23(27)25-22)11-18-10-17-13-24-12-16(21(17)28-18)9-8-15-6-3-5-14-4-1-2-7-19(14)15/h1-7,10-13H,(H,25,26,27)/b20-11-. The van der Waals surface area contributed by atoms with E-state index in [0.717, 1.165) is 33.5 Å². The second-order valence-corrected chi connectivity index (χ2v) is 7.40. The van der Waals surface area contributed by atoms with Crippen molar-refractivity contribution in [1.82, 2.24) is 10.3 Å². The van der Waals surface area contributed by atoms with Crippen LogP contribution in [0.5, 0.6) is 0 Å². The lowest BCUT2D eigenvalue weighted by Gasteiger charge is -1.99. The average molecular weight is 396 g/mol. The first-order valence-electron chi connectivity index (χ1n) is 8.79. The van der Waals surface area contributed by atoms with Crippen molar-refractivity contribution in [3.05, 3.63) is 82.7 Å². The molecule has 1 fully saturated rings. The lowest BCUT2D eigenvalue weighted by Crippen LogP contribution is -2.17. The van der Waals surface area contributed by atoms with Gasteiger partial charge >= 0.3 is 0 Å². The van der Waals surface area contributed by atoms with Gasteiger partial charge in [0.1, 0.15) is 5.76 Å². The molecule has 1 aliphatic heterocycles. The largest absolute Gasteiger partial charge is 0.455 e. The molecule has 6 heteroatoms. The Balaban J connectivity index is 1.56. The lowest BCUT2D eigenvalue weighted by atomic mass is 10.0. The number of nitrogens with zero attached hydrogens (tertiary/aromatic N) is 1. The molecule has 2 aromatic carbocycles. The van der Waals surface area contributed by atoms with Crippen molar-refractivity contribution in [3.63, 3.8) is 0 Å². The molecule has 5 rings (SSSR count). The molecule has 0 saturated carbocycles. The van der Waals surface area contributed by atoms with E-state index in [2.05, 4.69) is 34.3 Å². The number of hydrogen-bond donors (Lipinski definition) is 1. The molecule has 0 aliphatic carbocycles. The summed E-state index contributed by atoms with van der Waals surface area (Å²) < 4.78 is 5.90. The zero-order chi connectivity index (χ0) is 19.8. The van der Waals surface area contributed by atoms with Gasteiger partial charge in [0.2, 0.25) is 0 Å². The summed E-state index contributed by atoms with van der Waals surface area (Å²) in [6.45, 7) is 0. The number of carbonyl (C=O) groups is 2. The molecule has 1 N–H and O–H groups in total. The fourth-order valence-electron chi connectivity index (χ4n) is 3.16. The van der Waals surface area contributed by atoms with Crippen molar-refractivity contribution >= 4 is 50.7 Å². The van der Waals surface area contributed by atoms with Crippen molar-refractivity contribution in [2.45, 2.75) is 0 Å². The molecule has 138 valence electrons. The van der Waals surface area contributed by atoms with Crippen LogP contribution in [0.3, 0.4) is 0 Å². The van der Waals surface area contributed by atoms with Crippen LogP contribution in [0.15, 0.2) is 70.2 Å². The Morgan fingerprint density at radius 3 is 2.66 bits per heavy atom. The number of furan rings is 1. The van der Waals surface area contributed by atoms with E-state index in [1.165, 1.54) is 0 Å². The van der Waals surface area contributed by atoms with Gasteiger partial charge in [0.15, 0.2) is 5.58 Å². The summed E-state index contributed by atoms with van der Waals surface area (Å²) in [7, 11) is 0. The lowest BCUT2D eigenvalue weighted by molar-refractivity contribution is -0.115. The normalized spacial score (nSPS) is 15.0. The maximum atomic E-state index is 11.7. The van der Waals surface area contributed by atoms with Crippen LogP contribution in [0.4, 0.5) is 4.79 Å². The van der Waals surface area contributed by atoms with Crippen LogP contribution in [0.25, 0.3) is 27.8 Å². The Labute approximate surface area is 169 Å². The predicted octanol–water partition coefficient (Wildman–Crippen LogP) is 4.70. The Bertz CT molecular complexity index is 1400. The number of benzene rings is 2. The van der Waals surface area contributed by atoms with E-state index < -0.39 is 5.91 Å². The Hall–Kier alpha value is -3.82. The van der Waals surface area contributed by atoms with Crippen LogP contribution in [-0.4, -0.2) is 16.1 Å². The van der Waals surface area contributed by atoms with Gasteiger partial charge in [0, 0.05) is 29.4 Å². The first-order chi connectivity index (χ1) is 14.2. The number of thioether (sulfide) groups is 1. The predicted molar refractivity (Wildman–Crippen MR) is 113 cm³/mol. The number of nitrogens with one attached hydrogen (secondary N) is 1. The van der Waals surface area contributed by atoms with E-state index in [0.29, 0.717) is 21.8 Å². The fraction of sp³-hybridized carbons (Fsp3) is 0. The van der Waals surface area contributed by atoms with E-state index in [-0.39, 0.29) is 5.24 Å². The van der Waals surface area contributed by atoms with Gasteiger partial charge in [0.25, 0.3) is 11.1 Å². The molecule has 3 heterocycles. The third-order valence-electron chi connectivity index (χ3n) is 4.48. The highest BCUT2D eigenvalue weighted by molar-refractivity contribution is 8.18. The first kappa shape index (κ1) is 17.3. The highest BCUT2D eigenvalue weighted by Gasteiger charge is 2.25. The van der Waals surface area contributed by atoms with Gasteiger partial charge in [-0.2, -0.15) is 0 Å². The first-order valence-corrected chi connectivity index (χ1v) is 9.61. The summed E-state index contributed by atoms with van der Waals surface area (Å²) >= 11 is 0.849. The maximum Gasteiger partial charge on any atom is 0.290 e. The molecule has 4 aromatic rings. The Kier molecular flexibility index (Phi) is 4.15. The van der Waals surface area contributed by atoms with Gasteiger partial charge in [0.05, 0.1) is 10.5 Å². The van der Waals surface area contributed by atoms with Gasteiger partial charge in [-0.05, 0) is 34.7 Å². The molecule has 0 unspecified atom stereocenters. The van der Waals surface area contributed by atoms with E-state index in [9.17, 15) is 9.59 Å². The highest BCUT2D eigenvalue weighted by atomic mass is 32.2. The summed E-state index contributed by atoms with van der Waals surface area (Å²) in [6.07, 6.45) is 4.88. The number of carbonyl (C=O) groups excluding carboxylic acids is 2. The highest BCUT2D eigenvalue weighted by Crippen LogP contribution is 2.29. The zero-order valence-electron chi connectivity index (χ0n) is 14.9. The maximum absolute atomic E-state index is 11.7.